The second-order valence-corrected chi connectivity index (χ2v) is 5.80. The highest BCUT2D eigenvalue weighted by Gasteiger charge is 2.14. The van der Waals surface area contributed by atoms with E-state index in [1.165, 1.54) is 0 Å². The smallest absolute Gasteiger partial charge is 0.211 e. The molecular weight excluding hydrogens is 244 g/mol. The molecule has 2 N–H and O–H groups in total. The molecule has 0 aromatic carbocycles. The summed E-state index contributed by atoms with van der Waals surface area (Å²) in [5.41, 5.74) is 1.47. The van der Waals surface area contributed by atoms with Gasteiger partial charge in [-0.05, 0) is 26.7 Å². The molecule has 1 rings (SSSR count). The van der Waals surface area contributed by atoms with Crippen LogP contribution in [0.5, 0.6) is 0 Å². The monoisotopic (exact) mass is 262 g/mol. The Kier molecular flexibility index (Phi) is 5.10. The summed E-state index contributed by atoms with van der Waals surface area (Å²) in [4.78, 5) is 0. The lowest BCUT2D eigenvalue weighted by Crippen LogP contribution is -2.26. The maximum atomic E-state index is 11.6. The first kappa shape index (κ1) is 14.1. The number of aliphatic hydroxyl groups is 1. The van der Waals surface area contributed by atoms with E-state index in [0.717, 1.165) is 5.56 Å². The van der Waals surface area contributed by atoms with Crippen molar-refractivity contribution in [2.24, 2.45) is 0 Å². The summed E-state index contributed by atoms with van der Waals surface area (Å²) in [6, 6.07) is 0. The van der Waals surface area contributed by atoms with E-state index in [2.05, 4.69) is 9.88 Å². The molecule has 0 saturated heterocycles. The third kappa shape index (κ3) is 4.45. The van der Waals surface area contributed by atoms with Crippen LogP contribution in [0.1, 0.15) is 29.9 Å². The average Bonchev–Trinajstić information content (AvgIpc) is 2.56. The first-order valence-corrected chi connectivity index (χ1v) is 7.11. The number of sulfonamides is 1. The zero-order valence-electron chi connectivity index (χ0n) is 10.1. The molecular formula is C10H18N2O4S. The molecule has 0 bridgehead atoms. The highest BCUT2D eigenvalue weighted by Crippen LogP contribution is 2.12. The Morgan fingerprint density at radius 3 is 2.59 bits per heavy atom. The zero-order chi connectivity index (χ0) is 12.9. The Balaban J connectivity index is 2.50. The van der Waals surface area contributed by atoms with Crippen LogP contribution >= 0.6 is 0 Å². The summed E-state index contributed by atoms with van der Waals surface area (Å²) in [6.45, 7) is 3.73. The molecule has 0 aliphatic carbocycles. The number of aryl methyl sites for hydroxylation is 2. The molecule has 7 heteroatoms. The van der Waals surface area contributed by atoms with Gasteiger partial charge in [0.2, 0.25) is 10.0 Å². The number of aromatic nitrogens is 1. The van der Waals surface area contributed by atoms with E-state index in [1.807, 2.05) is 0 Å². The average molecular weight is 262 g/mol. The number of hydrogen-bond donors (Lipinski definition) is 2. The Morgan fingerprint density at radius 2 is 2.06 bits per heavy atom. The van der Waals surface area contributed by atoms with E-state index in [4.69, 9.17) is 9.63 Å². The summed E-state index contributed by atoms with van der Waals surface area (Å²) in [5.74, 6) is 0.650. The highest BCUT2D eigenvalue weighted by molar-refractivity contribution is 7.89. The van der Waals surface area contributed by atoms with Crippen molar-refractivity contribution in [1.29, 1.82) is 0 Å². The van der Waals surface area contributed by atoms with Crippen LogP contribution in [0.3, 0.4) is 0 Å². The number of hydrogen-bond acceptors (Lipinski definition) is 5. The molecule has 6 nitrogen and oxygen atoms in total. The summed E-state index contributed by atoms with van der Waals surface area (Å²) in [6.07, 6.45) is 0.944. The number of rotatable bonds is 7. The van der Waals surface area contributed by atoms with E-state index < -0.39 is 10.0 Å². The van der Waals surface area contributed by atoms with E-state index in [-0.39, 0.29) is 18.9 Å². The van der Waals surface area contributed by atoms with Crippen LogP contribution in [0.4, 0.5) is 0 Å². The second-order valence-electron chi connectivity index (χ2n) is 3.87. The van der Waals surface area contributed by atoms with Gasteiger partial charge < -0.3 is 9.63 Å². The molecule has 0 amide bonds. The molecule has 1 heterocycles. The molecule has 0 aliphatic heterocycles. The van der Waals surface area contributed by atoms with Crippen LogP contribution in [0.2, 0.25) is 0 Å². The van der Waals surface area contributed by atoms with Crippen molar-refractivity contribution in [3.63, 3.8) is 0 Å². The lowest BCUT2D eigenvalue weighted by Gasteiger charge is -2.05. The van der Waals surface area contributed by atoms with Gasteiger partial charge in [0, 0.05) is 18.7 Å². The molecule has 1 aromatic heterocycles. The van der Waals surface area contributed by atoms with E-state index in [0.29, 0.717) is 24.3 Å². The van der Waals surface area contributed by atoms with Crippen LogP contribution in [0.25, 0.3) is 0 Å². The molecule has 0 saturated carbocycles. The van der Waals surface area contributed by atoms with E-state index in [9.17, 15) is 8.42 Å². The number of nitrogens with zero attached hydrogens (tertiary/aromatic N) is 1. The van der Waals surface area contributed by atoms with Gasteiger partial charge in [-0.2, -0.15) is 0 Å². The van der Waals surface area contributed by atoms with Gasteiger partial charge in [0.25, 0.3) is 0 Å². The Morgan fingerprint density at radius 1 is 1.35 bits per heavy atom. The molecule has 0 aliphatic rings. The van der Waals surface area contributed by atoms with Crippen LogP contribution in [-0.2, 0) is 16.6 Å². The molecule has 17 heavy (non-hydrogen) atoms. The molecule has 0 fully saturated rings. The largest absolute Gasteiger partial charge is 0.396 e. The summed E-state index contributed by atoms with van der Waals surface area (Å²) in [7, 11) is -3.29. The maximum absolute atomic E-state index is 11.6. The van der Waals surface area contributed by atoms with Gasteiger partial charge in [-0.25, -0.2) is 13.1 Å². The third-order valence-electron chi connectivity index (χ3n) is 2.47. The van der Waals surface area contributed by atoms with Gasteiger partial charge in [0.05, 0.1) is 11.4 Å². The predicted molar refractivity (Wildman–Crippen MR) is 62.9 cm³/mol. The molecule has 98 valence electrons. The van der Waals surface area contributed by atoms with E-state index in [1.54, 1.807) is 13.8 Å². The first-order valence-electron chi connectivity index (χ1n) is 5.46. The van der Waals surface area contributed by atoms with Gasteiger partial charge in [0.15, 0.2) is 0 Å². The standard InChI is InChI=1S/C10H18N2O4S/c1-8-10(9(2)16-12-8)7-11-17(14,15)6-4-3-5-13/h11,13H,3-7H2,1-2H3. The number of aliphatic hydroxyl groups excluding tert-OH is 1. The molecule has 0 unspecified atom stereocenters. The minimum absolute atomic E-state index is 0.0133. The first-order chi connectivity index (χ1) is 7.96. The van der Waals surface area contributed by atoms with Crippen molar-refractivity contribution in [3.05, 3.63) is 17.0 Å². The van der Waals surface area contributed by atoms with Crippen LogP contribution in [-0.4, -0.2) is 31.0 Å². The van der Waals surface area contributed by atoms with Crippen molar-refractivity contribution in [1.82, 2.24) is 9.88 Å². The van der Waals surface area contributed by atoms with Crippen molar-refractivity contribution in [3.8, 4) is 0 Å². The summed E-state index contributed by atoms with van der Waals surface area (Å²) in [5, 5.41) is 12.3. The minimum atomic E-state index is -3.29. The SMILES string of the molecule is Cc1noc(C)c1CNS(=O)(=O)CCCCO. The Bertz CT molecular complexity index is 433. The lowest BCUT2D eigenvalue weighted by atomic mass is 10.2. The van der Waals surface area contributed by atoms with Gasteiger partial charge in [-0.3, -0.25) is 0 Å². The minimum Gasteiger partial charge on any atom is -0.396 e. The van der Waals surface area contributed by atoms with Gasteiger partial charge in [-0.15, -0.1) is 0 Å². The third-order valence-corrected chi connectivity index (χ3v) is 3.88. The van der Waals surface area contributed by atoms with Crippen molar-refractivity contribution >= 4 is 10.0 Å². The van der Waals surface area contributed by atoms with Crippen molar-refractivity contribution in [2.75, 3.05) is 12.4 Å². The summed E-state index contributed by atoms with van der Waals surface area (Å²) >= 11 is 0. The second kappa shape index (κ2) is 6.13. The van der Waals surface area contributed by atoms with Crippen molar-refractivity contribution in [2.45, 2.75) is 33.2 Å². The Hall–Kier alpha value is -0.920. The van der Waals surface area contributed by atoms with Crippen LogP contribution in [0.15, 0.2) is 4.52 Å². The van der Waals surface area contributed by atoms with E-state index >= 15 is 0 Å². The highest BCUT2D eigenvalue weighted by atomic mass is 32.2. The van der Waals surface area contributed by atoms with Gasteiger partial charge in [0.1, 0.15) is 5.76 Å². The van der Waals surface area contributed by atoms with Gasteiger partial charge in [-0.1, -0.05) is 5.16 Å². The normalized spacial score (nSPS) is 11.9. The van der Waals surface area contributed by atoms with Gasteiger partial charge >= 0.3 is 0 Å². The zero-order valence-corrected chi connectivity index (χ0v) is 10.9. The van der Waals surface area contributed by atoms with Crippen LogP contribution in [0, 0.1) is 13.8 Å². The maximum Gasteiger partial charge on any atom is 0.211 e. The molecule has 0 atom stereocenters. The molecule has 1 aromatic rings. The fourth-order valence-electron chi connectivity index (χ4n) is 1.41. The van der Waals surface area contributed by atoms with Crippen molar-refractivity contribution < 1.29 is 18.0 Å². The fraction of sp³-hybridized carbons (Fsp3) is 0.700. The molecule has 0 spiro atoms. The molecule has 0 radical (unpaired) electrons. The number of nitrogens with one attached hydrogen (secondary N) is 1. The summed E-state index contributed by atoms with van der Waals surface area (Å²) < 4.78 is 30.6. The fourth-order valence-corrected chi connectivity index (χ4v) is 2.51. The Labute approximate surface area is 101 Å². The number of unbranched alkanes of at least 4 members (excludes halogenated alkanes) is 1. The predicted octanol–water partition coefficient (Wildman–Crippen LogP) is 0.483. The quantitative estimate of drug-likeness (QED) is 0.697. The lowest BCUT2D eigenvalue weighted by molar-refractivity contribution is 0.287. The van der Waals surface area contributed by atoms with Crippen LogP contribution < -0.4 is 4.72 Å². The topological polar surface area (TPSA) is 92.4 Å².